The molecule has 0 aliphatic heterocycles. The predicted octanol–water partition coefficient (Wildman–Crippen LogP) is 3.91. The molecular weight excluding hydrogens is 248 g/mol. The molecule has 2 rings (SSSR count). The maximum Gasteiger partial charge on any atom is 0.0897 e. The van der Waals surface area contributed by atoms with Gasteiger partial charge in [-0.3, -0.25) is 0 Å². The summed E-state index contributed by atoms with van der Waals surface area (Å²) >= 11 is 3.59. The van der Waals surface area contributed by atoms with Gasteiger partial charge in [-0.15, -0.1) is 22.7 Å². The zero-order valence-corrected chi connectivity index (χ0v) is 12.1. The number of hydrogen-bond acceptors (Lipinski definition) is 4. The Kier molecular flexibility index (Phi) is 4.31. The van der Waals surface area contributed by atoms with Gasteiger partial charge < -0.3 is 5.32 Å². The summed E-state index contributed by atoms with van der Waals surface area (Å²) in [4.78, 5) is 7.04. The summed E-state index contributed by atoms with van der Waals surface area (Å²) in [5.74, 6) is 0. The van der Waals surface area contributed by atoms with Crippen molar-refractivity contribution in [2.75, 3.05) is 6.54 Å². The number of aromatic nitrogens is 1. The minimum atomic E-state index is 0.311. The van der Waals surface area contributed by atoms with Crippen LogP contribution in [0.1, 0.15) is 39.7 Å². The maximum absolute atomic E-state index is 4.36. The van der Waals surface area contributed by atoms with Gasteiger partial charge in [0.1, 0.15) is 0 Å². The van der Waals surface area contributed by atoms with Crippen molar-refractivity contribution < 1.29 is 0 Å². The van der Waals surface area contributed by atoms with E-state index >= 15 is 0 Å². The summed E-state index contributed by atoms with van der Waals surface area (Å²) < 4.78 is 0. The fourth-order valence-corrected chi connectivity index (χ4v) is 3.42. The molecule has 0 fully saturated rings. The lowest BCUT2D eigenvalue weighted by atomic mass is 10.1. The van der Waals surface area contributed by atoms with Crippen LogP contribution in [0.2, 0.25) is 0 Å². The normalized spacial score (nSPS) is 12.9. The van der Waals surface area contributed by atoms with Crippen molar-refractivity contribution in [3.63, 3.8) is 0 Å². The third-order valence-corrected chi connectivity index (χ3v) is 4.46. The van der Waals surface area contributed by atoms with Crippen LogP contribution in [0, 0.1) is 13.8 Å². The number of nitrogens with zero attached hydrogens (tertiary/aromatic N) is 1. The molecule has 0 bridgehead atoms. The van der Waals surface area contributed by atoms with Gasteiger partial charge in [0.2, 0.25) is 0 Å². The van der Waals surface area contributed by atoms with E-state index in [-0.39, 0.29) is 0 Å². The van der Waals surface area contributed by atoms with E-state index in [1.807, 2.05) is 17.5 Å². The molecule has 0 saturated heterocycles. The molecule has 92 valence electrons. The number of aryl methyl sites for hydroxylation is 2. The molecule has 1 N–H and O–H groups in total. The molecule has 0 aliphatic rings. The zero-order chi connectivity index (χ0) is 12.3. The highest BCUT2D eigenvalue weighted by Gasteiger charge is 2.16. The molecule has 2 heterocycles. The Balaban J connectivity index is 2.24. The first-order valence-electron chi connectivity index (χ1n) is 5.91. The lowest BCUT2D eigenvalue weighted by Gasteiger charge is -2.15. The first-order valence-corrected chi connectivity index (χ1v) is 7.61. The number of thiazole rings is 1. The molecule has 0 amide bonds. The van der Waals surface area contributed by atoms with Gasteiger partial charge in [-0.05, 0) is 43.8 Å². The summed E-state index contributed by atoms with van der Waals surface area (Å²) in [6.07, 6.45) is 3.15. The smallest absolute Gasteiger partial charge is 0.0897 e. The van der Waals surface area contributed by atoms with Crippen LogP contribution in [0.15, 0.2) is 17.6 Å². The van der Waals surface area contributed by atoms with E-state index in [4.69, 9.17) is 0 Å². The van der Waals surface area contributed by atoms with Gasteiger partial charge in [-0.25, -0.2) is 4.98 Å². The third kappa shape index (κ3) is 3.15. The van der Waals surface area contributed by atoms with E-state index in [0.717, 1.165) is 18.0 Å². The number of hydrogen-bond donors (Lipinski definition) is 1. The molecule has 4 heteroatoms. The SMILES string of the molecule is CCCNC(c1csc(C)c1)c1cnc(C)s1. The Bertz CT molecular complexity index is 433. The minimum Gasteiger partial charge on any atom is -0.306 e. The van der Waals surface area contributed by atoms with Crippen molar-refractivity contribution in [2.24, 2.45) is 0 Å². The molecule has 17 heavy (non-hydrogen) atoms. The van der Waals surface area contributed by atoms with Gasteiger partial charge in [0.05, 0.1) is 11.0 Å². The van der Waals surface area contributed by atoms with Gasteiger partial charge in [0, 0.05) is 16.0 Å². The predicted molar refractivity (Wildman–Crippen MR) is 76.0 cm³/mol. The molecule has 1 atom stereocenters. The van der Waals surface area contributed by atoms with Gasteiger partial charge in [0.15, 0.2) is 0 Å². The molecule has 2 aromatic heterocycles. The van der Waals surface area contributed by atoms with Crippen LogP contribution < -0.4 is 5.32 Å². The lowest BCUT2D eigenvalue weighted by Crippen LogP contribution is -2.21. The second-order valence-electron chi connectivity index (χ2n) is 4.16. The molecule has 0 spiro atoms. The molecule has 2 nitrogen and oxygen atoms in total. The summed E-state index contributed by atoms with van der Waals surface area (Å²) in [7, 11) is 0. The molecule has 0 radical (unpaired) electrons. The fraction of sp³-hybridized carbons (Fsp3) is 0.462. The Morgan fingerprint density at radius 2 is 2.24 bits per heavy atom. The van der Waals surface area contributed by atoms with Crippen LogP contribution in [0.4, 0.5) is 0 Å². The van der Waals surface area contributed by atoms with E-state index in [1.165, 1.54) is 15.3 Å². The summed E-state index contributed by atoms with van der Waals surface area (Å²) in [5, 5.41) is 6.99. The monoisotopic (exact) mass is 266 g/mol. The average molecular weight is 266 g/mol. The maximum atomic E-state index is 4.36. The van der Waals surface area contributed by atoms with Crippen LogP contribution in [0.3, 0.4) is 0 Å². The molecule has 0 aromatic carbocycles. The van der Waals surface area contributed by atoms with Crippen LogP contribution in [0.25, 0.3) is 0 Å². The standard InChI is InChI=1S/C13H18N2S2/c1-4-5-14-13(11-6-9(2)16-8-11)12-7-15-10(3)17-12/h6-8,13-14H,4-5H2,1-3H3. The molecular formula is C13H18N2S2. The minimum absolute atomic E-state index is 0.311. The fourth-order valence-electron chi connectivity index (χ4n) is 1.80. The summed E-state index contributed by atoms with van der Waals surface area (Å²) in [6, 6.07) is 2.58. The second-order valence-corrected chi connectivity index (χ2v) is 6.54. The molecule has 0 saturated carbocycles. The van der Waals surface area contributed by atoms with Crippen LogP contribution in [-0.4, -0.2) is 11.5 Å². The van der Waals surface area contributed by atoms with Crippen molar-refractivity contribution in [2.45, 2.75) is 33.2 Å². The van der Waals surface area contributed by atoms with Crippen molar-refractivity contribution >= 4 is 22.7 Å². The van der Waals surface area contributed by atoms with E-state index in [0.29, 0.717) is 6.04 Å². The quantitative estimate of drug-likeness (QED) is 0.887. The largest absolute Gasteiger partial charge is 0.306 e. The Hall–Kier alpha value is -0.710. The van der Waals surface area contributed by atoms with Gasteiger partial charge >= 0.3 is 0 Å². The summed E-state index contributed by atoms with van der Waals surface area (Å²) in [6.45, 7) is 7.45. The Labute approximate surface area is 111 Å². The highest BCUT2D eigenvalue weighted by molar-refractivity contribution is 7.11. The number of rotatable bonds is 5. The van der Waals surface area contributed by atoms with Crippen LogP contribution in [0.5, 0.6) is 0 Å². The number of nitrogens with one attached hydrogen (secondary N) is 1. The van der Waals surface area contributed by atoms with Crippen LogP contribution >= 0.6 is 22.7 Å². The summed E-state index contributed by atoms with van der Waals surface area (Å²) in [5.41, 5.74) is 1.37. The Morgan fingerprint density at radius 3 is 2.76 bits per heavy atom. The second kappa shape index (κ2) is 5.76. The van der Waals surface area contributed by atoms with Gasteiger partial charge in [-0.2, -0.15) is 0 Å². The third-order valence-electron chi connectivity index (χ3n) is 2.61. The van der Waals surface area contributed by atoms with Crippen LogP contribution in [-0.2, 0) is 0 Å². The van der Waals surface area contributed by atoms with Gasteiger partial charge in [-0.1, -0.05) is 6.92 Å². The van der Waals surface area contributed by atoms with Crippen molar-refractivity contribution in [3.05, 3.63) is 38.0 Å². The van der Waals surface area contributed by atoms with Crippen molar-refractivity contribution in [1.29, 1.82) is 0 Å². The molecule has 2 aromatic rings. The highest BCUT2D eigenvalue weighted by atomic mass is 32.1. The van der Waals surface area contributed by atoms with Gasteiger partial charge in [0.25, 0.3) is 0 Å². The molecule has 0 aliphatic carbocycles. The van der Waals surface area contributed by atoms with E-state index in [2.05, 4.69) is 42.5 Å². The first-order chi connectivity index (χ1) is 8.20. The van der Waals surface area contributed by atoms with E-state index in [9.17, 15) is 0 Å². The zero-order valence-electron chi connectivity index (χ0n) is 10.5. The average Bonchev–Trinajstić information content (AvgIpc) is 2.89. The number of thiophene rings is 1. The van der Waals surface area contributed by atoms with E-state index in [1.54, 1.807) is 11.3 Å². The topological polar surface area (TPSA) is 24.9 Å². The van der Waals surface area contributed by atoms with Crippen molar-refractivity contribution in [1.82, 2.24) is 10.3 Å². The highest BCUT2D eigenvalue weighted by Crippen LogP contribution is 2.29. The first kappa shape index (κ1) is 12.7. The van der Waals surface area contributed by atoms with E-state index < -0.39 is 0 Å². The Morgan fingerprint density at radius 1 is 1.41 bits per heavy atom. The lowest BCUT2D eigenvalue weighted by molar-refractivity contribution is 0.606. The molecule has 1 unspecified atom stereocenters. The van der Waals surface area contributed by atoms with Crippen molar-refractivity contribution in [3.8, 4) is 0 Å².